The Kier molecular flexibility index (Phi) is 4.69. The smallest absolute Gasteiger partial charge is 0.257 e. The third kappa shape index (κ3) is 3.15. The number of nitrogens with zero attached hydrogens (tertiary/aromatic N) is 3. The number of hydrogen-bond acceptors (Lipinski definition) is 3. The molecule has 3 heterocycles. The molecule has 1 aliphatic heterocycles. The molecule has 0 spiro atoms. The lowest BCUT2D eigenvalue weighted by Gasteiger charge is -2.36. The number of fused-ring (bicyclic) bond motifs is 1. The summed E-state index contributed by atoms with van der Waals surface area (Å²) in [5, 5.41) is 1.12. The predicted octanol–water partition coefficient (Wildman–Crippen LogP) is 3.58. The van der Waals surface area contributed by atoms with E-state index in [-0.39, 0.29) is 5.91 Å². The number of piperidine rings is 1. The molecular formula is C20H27N3OS. The second-order valence-electron chi connectivity index (χ2n) is 7.49. The van der Waals surface area contributed by atoms with Crippen LogP contribution in [0.4, 0.5) is 0 Å². The molecule has 25 heavy (non-hydrogen) atoms. The highest BCUT2D eigenvalue weighted by Crippen LogP contribution is 2.38. The van der Waals surface area contributed by atoms with Crippen molar-refractivity contribution in [3.63, 3.8) is 0 Å². The van der Waals surface area contributed by atoms with Gasteiger partial charge in [-0.2, -0.15) is 0 Å². The van der Waals surface area contributed by atoms with E-state index in [2.05, 4.69) is 40.9 Å². The van der Waals surface area contributed by atoms with Crippen molar-refractivity contribution in [2.24, 2.45) is 0 Å². The normalized spacial score (nSPS) is 20.8. The predicted molar refractivity (Wildman–Crippen MR) is 103 cm³/mol. The van der Waals surface area contributed by atoms with Crippen LogP contribution < -0.4 is 0 Å². The summed E-state index contributed by atoms with van der Waals surface area (Å²) < 4.78 is 2.13. The number of carbonyl (C=O) groups excluding carboxylic acids is 1. The Morgan fingerprint density at radius 3 is 2.68 bits per heavy atom. The van der Waals surface area contributed by atoms with E-state index in [0.717, 1.165) is 42.9 Å². The van der Waals surface area contributed by atoms with Gasteiger partial charge in [0, 0.05) is 36.4 Å². The summed E-state index contributed by atoms with van der Waals surface area (Å²) >= 11 is 1.82. The number of carbonyl (C=O) groups is 1. The highest BCUT2D eigenvalue weighted by Gasteiger charge is 2.32. The summed E-state index contributed by atoms with van der Waals surface area (Å²) in [7, 11) is 4.24. The van der Waals surface area contributed by atoms with Crippen LogP contribution in [0.3, 0.4) is 0 Å². The summed E-state index contributed by atoms with van der Waals surface area (Å²) in [6.07, 6.45) is 11.0. The highest BCUT2D eigenvalue weighted by atomic mass is 32.1. The van der Waals surface area contributed by atoms with Crippen molar-refractivity contribution in [2.45, 2.75) is 44.6 Å². The summed E-state index contributed by atoms with van der Waals surface area (Å²) in [5.74, 6) is 0.245. The summed E-state index contributed by atoms with van der Waals surface area (Å²) in [5.41, 5.74) is 2.31. The van der Waals surface area contributed by atoms with Crippen molar-refractivity contribution >= 4 is 17.2 Å². The Hall–Kier alpha value is -1.59. The maximum atomic E-state index is 13.5. The zero-order valence-electron chi connectivity index (χ0n) is 15.2. The Bertz CT molecular complexity index is 747. The number of likely N-dealkylation sites (tertiary alicyclic amines) is 1. The molecule has 1 amide bonds. The Labute approximate surface area is 154 Å². The van der Waals surface area contributed by atoms with E-state index in [1.54, 1.807) is 0 Å². The fourth-order valence-electron chi connectivity index (χ4n) is 4.14. The topological polar surface area (TPSA) is 28.5 Å². The van der Waals surface area contributed by atoms with Crippen LogP contribution in [0.5, 0.6) is 0 Å². The van der Waals surface area contributed by atoms with Crippen LogP contribution in [0.25, 0.3) is 5.00 Å². The molecule has 2 aliphatic rings. The molecule has 1 saturated heterocycles. The van der Waals surface area contributed by atoms with E-state index in [1.807, 2.05) is 23.5 Å². The molecule has 4 rings (SSSR count). The molecule has 1 aliphatic carbocycles. The third-order valence-electron chi connectivity index (χ3n) is 5.62. The van der Waals surface area contributed by atoms with Crippen molar-refractivity contribution in [3.8, 4) is 5.00 Å². The largest absolute Gasteiger partial charge is 0.337 e. The number of aromatic nitrogens is 1. The van der Waals surface area contributed by atoms with E-state index < -0.39 is 0 Å². The van der Waals surface area contributed by atoms with E-state index in [0.29, 0.717) is 6.04 Å². The van der Waals surface area contributed by atoms with E-state index in [1.165, 1.54) is 29.7 Å². The molecule has 5 heteroatoms. The summed E-state index contributed by atoms with van der Waals surface area (Å²) in [6, 6.07) is 4.55. The lowest BCUT2D eigenvalue weighted by atomic mass is 9.94. The first kappa shape index (κ1) is 16.9. The number of hydrogen-bond donors (Lipinski definition) is 0. The van der Waals surface area contributed by atoms with Gasteiger partial charge >= 0.3 is 0 Å². The van der Waals surface area contributed by atoms with Gasteiger partial charge in [-0.15, -0.1) is 11.3 Å². The first-order chi connectivity index (χ1) is 12.1. The van der Waals surface area contributed by atoms with Crippen molar-refractivity contribution < 1.29 is 4.79 Å². The second kappa shape index (κ2) is 6.96. The van der Waals surface area contributed by atoms with Crippen LogP contribution in [0, 0.1) is 0 Å². The molecule has 0 N–H and O–H groups in total. The minimum Gasteiger partial charge on any atom is -0.337 e. The Balaban J connectivity index is 1.71. The molecule has 2 aromatic rings. The van der Waals surface area contributed by atoms with Gasteiger partial charge in [0.2, 0.25) is 0 Å². The SMILES string of the molecule is CN(C)C1CCCN(C(=O)c2c(-n3cccc3)sc3c2CCCC3)C1. The summed E-state index contributed by atoms with van der Waals surface area (Å²) in [6.45, 7) is 1.74. The lowest BCUT2D eigenvalue weighted by molar-refractivity contribution is 0.0634. The second-order valence-corrected chi connectivity index (χ2v) is 8.58. The fraction of sp³-hybridized carbons (Fsp3) is 0.550. The van der Waals surface area contributed by atoms with Gasteiger partial charge in [0.15, 0.2) is 0 Å². The molecule has 2 aromatic heterocycles. The number of thiophene rings is 1. The maximum absolute atomic E-state index is 13.5. The van der Waals surface area contributed by atoms with Crippen LogP contribution in [-0.4, -0.2) is 53.5 Å². The van der Waals surface area contributed by atoms with Gasteiger partial charge in [-0.3, -0.25) is 4.79 Å². The molecule has 0 bridgehead atoms. The standard InChI is InChI=1S/C20H27N3OS/c1-21(2)15-8-7-13-23(14-15)19(24)18-16-9-3-4-10-17(16)25-20(18)22-11-5-6-12-22/h5-6,11-12,15H,3-4,7-10,13-14H2,1-2H3. The molecule has 1 fully saturated rings. The minimum absolute atomic E-state index is 0.245. The minimum atomic E-state index is 0.245. The molecule has 0 aromatic carbocycles. The van der Waals surface area contributed by atoms with E-state index in [9.17, 15) is 4.79 Å². The van der Waals surface area contributed by atoms with Gasteiger partial charge in [-0.25, -0.2) is 0 Å². The molecule has 1 atom stereocenters. The monoisotopic (exact) mass is 357 g/mol. The molecule has 1 unspecified atom stereocenters. The lowest BCUT2D eigenvalue weighted by Crippen LogP contribution is -2.47. The molecule has 4 nitrogen and oxygen atoms in total. The van der Waals surface area contributed by atoms with Gasteiger partial charge < -0.3 is 14.4 Å². The van der Waals surface area contributed by atoms with E-state index >= 15 is 0 Å². The Morgan fingerprint density at radius 2 is 1.92 bits per heavy atom. The van der Waals surface area contributed by atoms with Crippen molar-refractivity contribution in [1.29, 1.82) is 0 Å². The Morgan fingerprint density at radius 1 is 1.16 bits per heavy atom. The molecule has 0 saturated carbocycles. The van der Waals surface area contributed by atoms with Gasteiger partial charge in [0.1, 0.15) is 5.00 Å². The number of amides is 1. The van der Waals surface area contributed by atoms with Gasteiger partial charge in [0.25, 0.3) is 5.91 Å². The summed E-state index contributed by atoms with van der Waals surface area (Å²) in [4.78, 5) is 19.3. The third-order valence-corrected chi connectivity index (χ3v) is 6.92. The average molecular weight is 358 g/mol. The number of aryl methyl sites for hydroxylation is 1. The first-order valence-electron chi connectivity index (χ1n) is 9.38. The van der Waals surface area contributed by atoms with E-state index in [4.69, 9.17) is 0 Å². The van der Waals surface area contributed by atoms with Gasteiger partial charge in [-0.1, -0.05) is 0 Å². The number of likely N-dealkylation sites (N-methyl/N-ethyl adjacent to an activating group) is 1. The van der Waals surface area contributed by atoms with Crippen LogP contribution in [0.1, 0.15) is 46.5 Å². The molecular weight excluding hydrogens is 330 g/mol. The zero-order valence-corrected chi connectivity index (χ0v) is 16.0. The average Bonchev–Trinajstić information content (AvgIpc) is 3.28. The van der Waals surface area contributed by atoms with Crippen molar-refractivity contribution in [3.05, 3.63) is 40.5 Å². The zero-order chi connectivity index (χ0) is 17.4. The van der Waals surface area contributed by atoms with Crippen molar-refractivity contribution in [1.82, 2.24) is 14.4 Å². The first-order valence-corrected chi connectivity index (χ1v) is 10.2. The highest BCUT2D eigenvalue weighted by molar-refractivity contribution is 7.15. The van der Waals surface area contributed by atoms with Crippen LogP contribution in [0.2, 0.25) is 0 Å². The maximum Gasteiger partial charge on any atom is 0.257 e. The molecule has 134 valence electrons. The van der Waals surface area contributed by atoms with Crippen LogP contribution >= 0.6 is 11.3 Å². The van der Waals surface area contributed by atoms with Crippen molar-refractivity contribution in [2.75, 3.05) is 27.2 Å². The van der Waals surface area contributed by atoms with Gasteiger partial charge in [-0.05, 0) is 70.3 Å². The fourth-order valence-corrected chi connectivity index (χ4v) is 5.49. The van der Waals surface area contributed by atoms with Crippen LogP contribution in [-0.2, 0) is 12.8 Å². The molecule has 0 radical (unpaired) electrons. The van der Waals surface area contributed by atoms with Gasteiger partial charge in [0.05, 0.1) is 5.56 Å². The quantitative estimate of drug-likeness (QED) is 0.840. The van der Waals surface area contributed by atoms with Crippen LogP contribution in [0.15, 0.2) is 24.5 Å². The number of rotatable bonds is 3.